The van der Waals surface area contributed by atoms with Crippen molar-refractivity contribution in [3.63, 3.8) is 0 Å². The number of benzene rings is 1. The van der Waals surface area contributed by atoms with Crippen LogP contribution in [0.2, 0.25) is 0 Å². The minimum Gasteiger partial charge on any atom is -0.325 e. The minimum atomic E-state index is 0.125. The van der Waals surface area contributed by atoms with Crippen LogP contribution < -0.4 is 5.73 Å². The predicted molar refractivity (Wildman–Crippen MR) is 78.5 cm³/mol. The molecule has 2 unspecified atom stereocenters. The number of hydrogen-bond acceptors (Lipinski definition) is 1. The van der Waals surface area contributed by atoms with E-state index in [2.05, 4.69) is 37.3 Å². The molecule has 0 radical (unpaired) electrons. The molecular formula is C17H27N. The molecule has 0 saturated heterocycles. The molecule has 2 rings (SSSR count). The fourth-order valence-electron chi connectivity index (χ4n) is 3.15. The fraction of sp³-hybridized carbons (Fsp3) is 0.647. The van der Waals surface area contributed by atoms with Gasteiger partial charge < -0.3 is 5.73 Å². The van der Waals surface area contributed by atoms with Crippen LogP contribution in [0.3, 0.4) is 0 Å². The molecule has 1 heteroatoms. The first-order valence-electron chi connectivity index (χ1n) is 7.51. The van der Waals surface area contributed by atoms with Gasteiger partial charge in [-0.2, -0.15) is 0 Å². The highest BCUT2D eigenvalue weighted by Crippen LogP contribution is 2.31. The lowest BCUT2D eigenvalue weighted by molar-refractivity contribution is 0.333. The predicted octanol–water partition coefficient (Wildman–Crippen LogP) is 4.31. The van der Waals surface area contributed by atoms with Gasteiger partial charge >= 0.3 is 0 Å². The SMILES string of the molecule is CC1CCCC(N)(CCCc2ccccc2)CC1. The highest BCUT2D eigenvalue weighted by atomic mass is 14.7. The summed E-state index contributed by atoms with van der Waals surface area (Å²) in [7, 11) is 0. The van der Waals surface area contributed by atoms with Crippen molar-refractivity contribution >= 4 is 0 Å². The number of nitrogens with two attached hydrogens (primary N) is 1. The Morgan fingerprint density at radius 2 is 1.94 bits per heavy atom. The molecule has 2 N–H and O–H groups in total. The van der Waals surface area contributed by atoms with Gasteiger partial charge in [0.25, 0.3) is 0 Å². The first-order chi connectivity index (χ1) is 8.68. The third kappa shape index (κ3) is 4.13. The summed E-state index contributed by atoms with van der Waals surface area (Å²) in [5.41, 5.74) is 8.16. The topological polar surface area (TPSA) is 26.0 Å². The second-order valence-corrected chi connectivity index (χ2v) is 6.24. The maximum Gasteiger partial charge on any atom is 0.0154 e. The average molecular weight is 245 g/mol. The van der Waals surface area contributed by atoms with Crippen LogP contribution in [0.4, 0.5) is 0 Å². The Morgan fingerprint density at radius 1 is 1.17 bits per heavy atom. The zero-order valence-electron chi connectivity index (χ0n) is 11.7. The summed E-state index contributed by atoms with van der Waals surface area (Å²) >= 11 is 0. The second kappa shape index (κ2) is 6.38. The van der Waals surface area contributed by atoms with Gasteiger partial charge in [-0.3, -0.25) is 0 Å². The summed E-state index contributed by atoms with van der Waals surface area (Å²) in [6.07, 6.45) is 10.1. The van der Waals surface area contributed by atoms with Crippen LogP contribution in [0.25, 0.3) is 0 Å². The van der Waals surface area contributed by atoms with E-state index in [0.29, 0.717) is 0 Å². The smallest absolute Gasteiger partial charge is 0.0154 e. The normalized spacial score (nSPS) is 28.9. The first kappa shape index (κ1) is 13.6. The van der Waals surface area contributed by atoms with E-state index < -0.39 is 0 Å². The average Bonchev–Trinajstić information content (AvgIpc) is 2.54. The lowest BCUT2D eigenvalue weighted by Crippen LogP contribution is -2.39. The zero-order valence-corrected chi connectivity index (χ0v) is 11.7. The van der Waals surface area contributed by atoms with E-state index >= 15 is 0 Å². The molecule has 0 spiro atoms. The fourth-order valence-corrected chi connectivity index (χ4v) is 3.15. The molecule has 1 fully saturated rings. The van der Waals surface area contributed by atoms with Gasteiger partial charge in [0.2, 0.25) is 0 Å². The van der Waals surface area contributed by atoms with Gasteiger partial charge in [-0.25, -0.2) is 0 Å². The van der Waals surface area contributed by atoms with Crippen molar-refractivity contribution in [2.45, 2.75) is 63.8 Å². The van der Waals surface area contributed by atoms with Crippen LogP contribution in [0.15, 0.2) is 30.3 Å². The van der Waals surface area contributed by atoms with Gasteiger partial charge in [0.1, 0.15) is 0 Å². The lowest BCUT2D eigenvalue weighted by Gasteiger charge is -2.28. The largest absolute Gasteiger partial charge is 0.325 e. The van der Waals surface area contributed by atoms with E-state index in [-0.39, 0.29) is 5.54 Å². The maximum absolute atomic E-state index is 6.59. The van der Waals surface area contributed by atoms with Gasteiger partial charge in [0.05, 0.1) is 0 Å². The number of aryl methyl sites for hydroxylation is 1. The molecule has 0 bridgehead atoms. The van der Waals surface area contributed by atoms with Crippen molar-refractivity contribution in [1.29, 1.82) is 0 Å². The maximum atomic E-state index is 6.59. The second-order valence-electron chi connectivity index (χ2n) is 6.24. The molecule has 1 aliphatic rings. The minimum absolute atomic E-state index is 0.125. The summed E-state index contributed by atoms with van der Waals surface area (Å²) in [6.45, 7) is 2.37. The van der Waals surface area contributed by atoms with Crippen LogP contribution in [-0.2, 0) is 6.42 Å². The van der Waals surface area contributed by atoms with Crippen LogP contribution in [-0.4, -0.2) is 5.54 Å². The van der Waals surface area contributed by atoms with Crippen molar-refractivity contribution in [2.24, 2.45) is 11.7 Å². The van der Waals surface area contributed by atoms with E-state index in [4.69, 9.17) is 5.73 Å². The molecule has 100 valence electrons. The van der Waals surface area contributed by atoms with Gasteiger partial charge in [0.15, 0.2) is 0 Å². The summed E-state index contributed by atoms with van der Waals surface area (Å²) in [5.74, 6) is 0.879. The molecule has 1 nitrogen and oxygen atoms in total. The summed E-state index contributed by atoms with van der Waals surface area (Å²) in [4.78, 5) is 0. The van der Waals surface area contributed by atoms with Crippen molar-refractivity contribution in [3.8, 4) is 0 Å². The molecule has 1 aromatic rings. The van der Waals surface area contributed by atoms with Crippen LogP contribution >= 0.6 is 0 Å². The summed E-state index contributed by atoms with van der Waals surface area (Å²) in [6, 6.07) is 10.8. The van der Waals surface area contributed by atoms with Crippen LogP contribution in [0.1, 0.15) is 57.4 Å². The van der Waals surface area contributed by atoms with Gasteiger partial charge in [-0.15, -0.1) is 0 Å². The monoisotopic (exact) mass is 245 g/mol. The third-order valence-corrected chi connectivity index (χ3v) is 4.49. The Bertz CT molecular complexity index is 346. The molecular weight excluding hydrogens is 218 g/mol. The van der Waals surface area contributed by atoms with E-state index in [0.717, 1.165) is 5.92 Å². The van der Waals surface area contributed by atoms with Crippen molar-refractivity contribution in [2.75, 3.05) is 0 Å². The Kier molecular flexibility index (Phi) is 4.82. The van der Waals surface area contributed by atoms with E-state index in [1.165, 1.54) is 56.9 Å². The Hall–Kier alpha value is -0.820. The Labute approximate surface area is 112 Å². The quantitative estimate of drug-likeness (QED) is 0.786. The highest BCUT2D eigenvalue weighted by molar-refractivity contribution is 5.14. The standard InChI is InChI=1S/C17H27N/c1-15-7-5-12-17(18,14-11-15)13-6-10-16-8-3-2-4-9-16/h2-4,8-9,15H,5-7,10-14,18H2,1H3. The van der Waals surface area contributed by atoms with Gasteiger partial charge in [-0.1, -0.05) is 50.1 Å². The summed E-state index contributed by atoms with van der Waals surface area (Å²) < 4.78 is 0. The number of hydrogen-bond donors (Lipinski definition) is 1. The molecule has 2 atom stereocenters. The molecule has 1 aromatic carbocycles. The molecule has 0 aliphatic heterocycles. The zero-order chi connectivity index (χ0) is 12.8. The van der Waals surface area contributed by atoms with Crippen molar-refractivity contribution < 1.29 is 0 Å². The lowest BCUT2D eigenvalue weighted by atomic mass is 9.85. The van der Waals surface area contributed by atoms with E-state index in [1.54, 1.807) is 0 Å². The first-order valence-corrected chi connectivity index (χ1v) is 7.51. The van der Waals surface area contributed by atoms with Crippen molar-refractivity contribution in [1.82, 2.24) is 0 Å². The van der Waals surface area contributed by atoms with Gasteiger partial charge in [-0.05, 0) is 50.0 Å². The van der Waals surface area contributed by atoms with Gasteiger partial charge in [0, 0.05) is 5.54 Å². The molecule has 1 aliphatic carbocycles. The number of rotatable bonds is 4. The Morgan fingerprint density at radius 3 is 2.72 bits per heavy atom. The third-order valence-electron chi connectivity index (χ3n) is 4.49. The van der Waals surface area contributed by atoms with Crippen molar-refractivity contribution in [3.05, 3.63) is 35.9 Å². The van der Waals surface area contributed by atoms with Crippen LogP contribution in [0, 0.1) is 5.92 Å². The van der Waals surface area contributed by atoms with E-state index in [1.807, 2.05) is 0 Å². The molecule has 0 heterocycles. The molecule has 18 heavy (non-hydrogen) atoms. The van der Waals surface area contributed by atoms with E-state index in [9.17, 15) is 0 Å². The highest BCUT2D eigenvalue weighted by Gasteiger charge is 2.27. The summed E-state index contributed by atoms with van der Waals surface area (Å²) in [5, 5.41) is 0. The van der Waals surface area contributed by atoms with Crippen LogP contribution in [0.5, 0.6) is 0 Å². The Balaban J connectivity index is 1.78. The molecule has 1 saturated carbocycles. The molecule has 0 amide bonds. The molecule has 0 aromatic heterocycles.